The number of hydrogen-bond donors (Lipinski definition) is 3. The number of sulfone groups is 1. The highest BCUT2D eigenvalue weighted by atomic mass is 32.2. The number of carbonyl (C=O) groups excluding carboxylic acids is 2. The van der Waals surface area contributed by atoms with Crippen molar-refractivity contribution in [1.82, 2.24) is 0 Å². The normalized spacial score (nSPS) is 11.2. The van der Waals surface area contributed by atoms with Gasteiger partial charge in [-0.05, 0) is 77.2 Å². The molecule has 5 rings (SSSR count). The molecule has 5 aromatic carbocycles. The van der Waals surface area contributed by atoms with Crippen LogP contribution in [0.2, 0.25) is 0 Å². The second kappa shape index (κ2) is 14.5. The zero-order valence-electron chi connectivity index (χ0n) is 26.6. The van der Waals surface area contributed by atoms with Crippen LogP contribution >= 0.6 is 0 Å². The molecule has 0 fully saturated rings. The van der Waals surface area contributed by atoms with E-state index in [0.717, 1.165) is 11.1 Å². The van der Waals surface area contributed by atoms with Gasteiger partial charge in [-0.2, -0.15) is 0 Å². The highest BCUT2D eigenvalue weighted by molar-refractivity contribution is 7.91. The van der Waals surface area contributed by atoms with E-state index in [9.17, 15) is 23.1 Å². The molecule has 48 heavy (non-hydrogen) atoms. The molecule has 0 amide bonds. The second-order valence-corrected chi connectivity index (χ2v) is 13.3. The van der Waals surface area contributed by atoms with Gasteiger partial charge in [0.25, 0.3) is 0 Å². The van der Waals surface area contributed by atoms with Crippen LogP contribution in [0.15, 0.2) is 113 Å². The van der Waals surface area contributed by atoms with Gasteiger partial charge in [-0.3, -0.25) is 9.59 Å². The summed E-state index contributed by atoms with van der Waals surface area (Å²) in [6.45, 7) is 1.90. The molecule has 0 radical (unpaired) electrons. The zero-order valence-corrected chi connectivity index (χ0v) is 27.4. The molecular formula is C38H36N2O7S. The Labute approximate surface area is 279 Å². The minimum Gasteiger partial charge on any atom is -0.493 e. The van der Waals surface area contributed by atoms with Gasteiger partial charge in [-0.15, -0.1) is 0 Å². The molecule has 0 aliphatic rings. The second-order valence-electron chi connectivity index (χ2n) is 11.4. The number of ether oxygens (including phenoxy) is 2. The summed E-state index contributed by atoms with van der Waals surface area (Å²) in [5.74, 6) is 0.282. The molecule has 9 nitrogen and oxygen atoms in total. The number of hydrogen-bond acceptors (Lipinski definition) is 9. The van der Waals surface area contributed by atoms with Crippen molar-refractivity contribution in [3.05, 3.63) is 142 Å². The summed E-state index contributed by atoms with van der Waals surface area (Å²) < 4.78 is 38.1. The van der Waals surface area contributed by atoms with Gasteiger partial charge < -0.3 is 26.0 Å². The third-order valence-corrected chi connectivity index (χ3v) is 9.83. The van der Waals surface area contributed by atoms with Gasteiger partial charge in [0.2, 0.25) is 9.84 Å². The Hall–Kier alpha value is -5.45. The molecule has 0 spiro atoms. The first-order valence-electron chi connectivity index (χ1n) is 15.1. The van der Waals surface area contributed by atoms with Gasteiger partial charge in [0.1, 0.15) is 6.61 Å². The molecule has 0 atom stereocenters. The molecule has 5 aromatic rings. The Bertz CT molecular complexity index is 2060. The van der Waals surface area contributed by atoms with Gasteiger partial charge in [0, 0.05) is 41.4 Å². The predicted molar refractivity (Wildman–Crippen MR) is 184 cm³/mol. The molecule has 0 aromatic heterocycles. The van der Waals surface area contributed by atoms with Crippen LogP contribution in [-0.4, -0.2) is 32.2 Å². The maximum atomic E-state index is 13.4. The SMILES string of the molecule is COc1cc(C(=O)Cc2ccc(S(=O)(=O)c3ccc(CC(=O)c4cc(CO)c(C)cc4N)cc3)cc2)c(N)cc1OCc1ccccc1. The number of aliphatic hydroxyl groups is 1. The summed E-state index contributed by atoms with van der Waals surface area (Å²) in [6, 6.07) is 28.2. The summed E-state index contributed by atoms with van der Waals surface area (Å²) in [5, 5.41) is 9.55. The third kappa shape index (κ3) is 7.57. The van der Waals surface area contributed by atoms with Gasteiger partial charge in [0.15, 0.2) is 23.1 Å². The molecular weight excluding hydrogens is 628 g/mol. The third-order valence-electron chi connectivity index (χ3n) is 8.05. The van der Waals surface area contributed by atoms with Crippen LogP contribution in [0.25, 0.3) is 0 Å². The van der Waals surface area contributed by atoms with Gasteiger partial charge in [-0.1, -0.05) is 54.6 Å². The number of benzene rings is 5. The maximum Gasteiger partial charge on any atom is 0.206 e. The molecule has 10 heteroatoms. The minimum atomic E-state index is -3.87. The molecule has 0 saturated heterocycles. The highest BCUT2D eigenvalue weighted by Crippen LogP contribution is 2.34. The lowest BCUT2D eigenvalue weighted by Gasteiger charge is -2.14. The predicted octanol–water partition coefficient (Wildman–Crippen LogP) is 5.92. The van der Waals surface area contributed by atoms with Crippen molar-refractivity contribution in [2.75, 3.05) is 18.6 Å². The van der Waals surface area contributed by atoms with Crippen molar-refractivity contribution < 1.29 is 32.6 Å². The van der Waals surface area contributed by atoms with E-state index < -0.39 is 9.84 Å². The number of rotatable bonds is 13. The van der Waals surface area contributed by atoms with E-state index in [4.69, 9.17) is 20.9 Å². The van der Waals surface area contributed by atoms with Gasteiger partial charge >= 0.3 is 0 Å². The van der Waals surface area contributed by atoms with E-state index >= 15 is 0 Å². The molecule has 0 bridgehead atoms. The number of carbonyl (C=O) groups is 2. The van der Waals surface area contributed by atoms with E-state index in [1.807, 2.05) is 30.3 Å². The number of ketones is 2. The van der Waals surface area contributed by atoms with Crippen LogP contribution in [0, 0.1) is 6.92 Å². The molecule has 0 saturated carbocycles. The summed E-state index contributed by atoms with van der Waals surface area (Å²) >= 11 is 0. The quantitative estimate of drug-likeness (QED) is 0.103. The minimum absolute atomic E-state index is 0.00801. The van der Waals surface area contributed by atoms with E-state index in [2.05, 4.69) is 0 Å². The average molecular weight is 665 g/mol. The Kier molecular flexibility index (Phi) is 10.3. The smallest absolute Gasteiger partial charge is 0.206 e. The van der Waals surface area contributed by atoms with Crippen LogP contribution in [0.1, 0.15) is 48.5 Å². The topological polar surface area (TPSA) is 159 Å². The van der Waals surface area contributed by atoms with Crippen molar-refractivity contribution in [3.8, 4) is 11.5 Å². The van der Waals surface area contributed by atoms with Gasteiger partial charge in [0.05, 0.1) is 23.5 Å². The molecule has 0 aliphatic carbocycles. The summed E-state index contributed by atoms with van der Waals surface area (Å²) in [7, 11) is -2.39. The van der Waals surface area contributed by atoms with E-state index in [0.29, 0.717) is 46.0 Å². The first-order chi connectivity index (χ1) is 23.0. The van der Waals surface area contributed by atoms with E-state index in [1.165, 1.54) is 31.4 Å². The Morgan fingerprint density at radius 3 is 1.73 bits per heavy atom. The van der Waals surface area contributed by atoms with Crippen molar-refractivity contribution in [2.45, 2.75) is 42.8 Å². The van der Waals surface area contributed by atoms with Crippen LogP contribution in [-0.2, 0) is 35.9 Å². The maximum absolute atomic E-state index is 13.4. The average Bonchev–Trinajstić information content (AvgIpc) is 3.08. The number of aryl methyl sites for hydroxylation is 1. The molecule has 5 N–H and O–H groups in total. The fourth-order valence-corrected chi connectivity index (χ4v) is 6.54. The largest absolute Gasteiger partial charge is 0.493 e. The molecule has 0 heterocycles. The first kappa shape index (κ1) is 33.9. The number of aliphatic hydroxyl groups excluding tert-OH is 1. The number of methoxy groups -OCH3 is 1. The van der Waals surface area contributed by atoms with Crippen LogP contribution in [0.3, 0.4) is 0 Å². The van der Waals surface area contributed by atoms with E-state index in [1.54, 1.807) is 55.5 Å². The first-order valence-corrected chi connectivity index (χ1v) is 16.6. The highest BCUT2D eigenvalue weighted by Gasteiger charge is 2.20. The summed E-state index contributed by atoms with van der Waals surface area (Å²) in [4.78, 5) is 26.3. The van der Waals surface area contributed by atoms with Crippen molar-refractivity contribution >= 4 is 32.8 Å². The van der Waals surface area contributed by atoms with Gasteiger partial charge in [-0.25, -0.2) is 8.42 Å². The van der Waals surface area contributed by atoms with Crippen LogP contribution in [0.5, 0.6) is 11.5 Å². The molecule has 246 valence electrons. The zero-order chi connectivity index (χ0) is 34.4. The number of nitrogens with two attached hydrogens (primary N) is 2. The lowest BCUT2D eigenvalue weighted by molar-refractivity contribution is 0.0985. The van der Waals surface area contributed by atoms with Crippen LogP contribution < -0.4 is 20.9 Å². The lowest BCUT2D eigenvalue weighted by atomic mass is 9.97. The number of anilines is 2. The molecule has 0 unspecified atom stereocenters. The van der Waals surface area contributed by atoms with Crippen molar-refractivity contribution in [3.63, 3.8) is 0 Å². The standard InChI is InChI=1S/C38H36N2O7S/c1-24-16-33(39)31(19-28(24)22-41)35(42)17-25-8-12-29(13-9-25)48(44,45)30-14-10-26(11-15-30)18-36(43)32-20-37(46-2)38(21-34(32)40)47-23-27-6-4-3-5-7-27/h3-16,19-21,41H,17-18,22-23,39-40H2,1-2H3. The summed E-state index contributed by atoms with van der Waals surface area (Å²) in [5.41, 5.74) is 17.0. The Morgan fingerprint density at radius 1 is 0.688 bits per heavy atom. The lowest BCUT2D eigenvalue weighted by Crippen LogP contribution is -2.09. The number of nitrogen functional groups attached to an aromatic ring is 2. The Morgan fingerprint density at radius 2 is 1.21 bits per heavy atom. The fourth-order valence-electron chi connectivity index (χ4n) is 5.28. The van der Waals surface area contributed by atoms with Crippen molar-refractivity contribution in [2.24, 2.45) is 0 Å². The van der Waals surface area contributed by atoms with E-state index in [-0.39, 0.29) is 52.1 Å². The molecule has 0 aliphatic heterocycles. The van der Waals surface area contributed by atoms with Crippen molar-refractivity contribution in [1.29, 1.82) is 0 Å². The summed E-state index contributed by atoms with van der Waals surface area (Å²) in [6.07, 6.45) is 0.00688. The fraction of sp³-hybridized carbons (Fsp3) is 0.158. The van der Waals surface area contributed by atoms with Crippen LogP contribution in [0.4, 0.5) is 11.4 Å². The Balaban J connectivity index is 1.25. The number of Topliss-reactive ketones (excluding diaryl/α,β-unsaturated/α-hetero) is 2. The monoisotopic (exact) mass is 664 g/mol.